The molecular formula is C23H24ClN3O3S. The lowest BCUT2D eigenvalue weighted by Gasteiger charge is -2.36. The number of carbonyl (C=O) groups is 1. The number of aryl methyl sites for hydroxylation is 1. The molecule has 1 fully saturated rings. The number of thioether (sulfide) groups is 1. The number of rotatable bonds is 4. The average molecular weight is 458 g/mol. The SMILES string of the molecule is COc1ccc(/C=C2/SC(N3CCN(c4ccc(C)c(Cl)c4)CC3)=NC2=O)cc1OC. The first-order valence-electron chi connectivity index (χ1n) is 9.99. The number of halogens is 1. The molecule has 162 valence electrons. The molecule has 0 radical (unpaired) electrons. The molecule has 31 heavy (non-hydrogen) atoms. The molecule has 0 atom stereocenters. The number of methoxy groups -OCH3 is 2. The number of amides is 1. The summed E-state index contributed by atoms with van der Waals surface area (Å²) in [7, 11) is 3.19. The zero-order valence-corrected chi connectivity index (χ0v) is 19.3. The van der Waals surface area contributed by atoms with Crippen LogP contribution in [0.3, 0.4) is 0 Å². The van der Waals surface area contributed by atoms with Crippen molar-refractivity contribution in [3.8, 4) is 11.5 Å². The van der Waals surface area contributed by atoms with Crippen LogP contribution >= 0.6 is 23.4 Å². The first kappa shape index (κ1) is 21.6. The number of nitrogens with zero attached hydrogens (tertiary/aromatic N) is 3. The van der Waals surface area contributed by atoms with E-state index in [0.29, 0.717) is 16.4 Å². The highest BCUT2D eigenvalue weighted by Gasteiger charge is 2.28. The van der Waals surface area contributed by atoms with E-state index in [0.717, 1.165) is 53.2 Å². The number of carbonyl (C=O) groups excluding carboxylic acids is 1. The number of anilines is 1. The fourth-order valence-electron chi connectivity index (χ4n) is 3.56. The van der Waals surface area contributed by atoms with Crippen molar-refractivity contribution in [2.24, 2.45) is 4.99 Å². The molecule has 2 heterocycles. The lowest BCUT2D eigenvalue weighted by molar-refractivity contribution is -0.113. The van der Waals surface area contributed by atoms with E-state index >= 15 is 0 Å². The van der Waals surface area contributed by atoms with Crippen molar-refractivity contribution in [3.63, 3.8) is 0 Å². The van der Waals surface area contributed by atoms with Gasteiger partial charge >= 0.3 is 0 Å². The molecule has 1 amide bonds. The highest BCUT2D eigenvalue weighted by Crippen LogP contribution is 2.34. The summed E-state index contributed by atoms with van der Waals surface area (Å²) in [5.41, 5.74) is 3.07. The number of aliphatic imine (C=N–C) groups is 1. The maximum atomic E-state index is 12.5. The van der Waals surface area contributed by atoms with Gasteiger partial charge in [-0.15, -0.1) is 0 Å². The van der Waals surface area contributed by atoms with Crippen LogP contribution in [0.1, 0.15) is 11.1 Å². The van der Waals surface area contributed by atoms with E-state index in [9.17, 15) is 4.79 Å². The summed E-state index contributed by atoms with van der Waals surface area (Å²) >= 11 is 7.70. The van der Waals surface area contributed by atoms with Crippen molar-refractivity contribution in [2.75, 3.05) is 45.3 Å². The second kappa shape index (κ2) is 9.24. The molecule has 0 aliphatic carbocycles. The van der Waals surface area contributed by atoms with Gasteiger partial charge < -0.3 is 19.3 Å². The van der Waals surface area contributed by atoms with Crippen molar-refractivity contribution >= 4 is 46.2 Å². The normalized spacial score (nSPS) is 17.9. The van der Waals surface area contributed by atoms with Crippen LogP contribution in [-0.2, 0) is 4.79 Å². The van der Waals surface area contributed by atoms with E-state index in [-0.39, 0.29) is 5.91 Å². The molecule has 2 aliphatic rings. The lowest BCUT2D eigenvalue weighted by atomic mass is 10.2. The molecule has 1 saturated heterocycles. The molecule has 4 rings (SSSR count). The van der Waals surface area contributed by atoms with E-state index in [1.807, 2.05) is 43.3 Å². The molecule has 0 bridgehead atoms. The van der Waals surface area contributed by atoms with Gasteiger partial charge in [0.2, 0.25) is 0 Å². The number of piperazine rings is 1. The van der Waals surface area contributed by atoms with Crippen LogP contribution in [0.5, 0.6) is 11.5 Å². The Morgan fingerprint density at radius 2 is 1.71 bits per heavy atom. The standard InChI is InChI=1S/C23H24ClN3O3S/c1-15-4-6-17(14-18(15)24)26-8-10-27(11-9-26)23-25-22(28)21(31-23)13-16-5-7-19(29-2)20(12-16)30-3/h4-7,12-14H,8-11H2,1-3H3/b21-13+. The molecule has 0 spiro atoms. The van der Waals surface area contributed by atoms with E-state index in [1.54, 1.807) is 14.2 Å². The second-order valence-electron chi connectivity index (χ2n) is 7.33. The van der Waals surface area contributed by atoms with Crippen LogP contribution in [0, 0.1) is 6.92 Å². The molecular weight excluding hydrogens is 434 g/mol. The van der Waals surface area contributed by atoms with E-state index in [4.69, 9.17) is 21.1 Å². The van der Waals surface area contributed by atoms with Gasteiger partial charge in [-0.3, -0.25) is 4.79 Å². The fraction of sp³-hybridized carbons (Fsp3) is 0.304. The highest BCUT2D eigenvalue weighted by molar-refractivity contribution is 8.18. The third-order valence-electron chi connectivity index (χ3n) is 5.39. The van der Waals surface area contributed by atoms with Crippen LogP contribution < -0.4 is 14.4 Å². The predicted molar refractivity (Wildman–Crippen MR) is 128 cm³/mol. The number of benzene rings is 2. The first-order valence-corrected chi connectivity index (χ1v) is 11.2. The number of ether oxygens (including phenoxy) is 2. The second-order valence-corrected chi connectivity index (χ2v) is 8.75. The molecule has 0 saturated carbocycles. The van der Waals surface area contributed by atoms with Gasteiger partial charge in [0.05, 0.1) is 19.1 Å². The molecule has 2 aromatic carbocycles. The molecule has 6 nitrogen and oxygen atoms in total. The van der Waals surface area contributed by atoms with Crippen LogP contribution in [0.4, 0.5) is 5.69 Å². The molecule has 8 heteroatoms. The summed E-state index contributed by atoms with van der Waals surface area (Å²) in [6.07, 6.45) is 1.84. The maximum Gasteiger partial charge on any atom is 0.286 e. The molecule has 2 aliphatic heterocycles. The Kier molecular flexibility index (Phi) is 6.43. The third kappa shape index (κ3) is 4.67. The van der Waals surface area contributed by atoms with Crippen molar-refractivity contribution in [1.82, 2.24) is 4.90 Å². The summed E-state index contributed by atoms with van der Waals surface area (Å²) in [5.74, 6) is 1.07. The Bertz CT molecular complexity index is 1060. The number of amidine groups is 1. The summed E-state index contributed by atoms with van der Waals surface area (Å²) < 4.78 is 10.6. The van der Waals surface area contributed by atoms with Crippen molar-refractivity contribution < 1.29 is 14.3 Å². The molecule has 0 aromatic heterocycles. The van der Waals surface area contributed by atoms with Crippen molar-refractivity contribution in [2.45, 2.75) is 6.92 Å². The van der Waals surface area contributed by atoms with Crippen LogP contribution in [0.2, 0.25) is 5.02 Å². The quantitative estimate of drug-likeness (QED) is 0.632. The third-order valence-corrected chi connectivity index (χ3v) is 6.84. The zero-order valence-electron chi connectivity index (χ0n) is 17.7. The molecule has 0 unspecified atom stereocenters. The summed E-state index contributed by atoms with van der Waals surface area (Å²) in [5, 5.41) is 1.55. The molecule has 0 N–H and O–H groups in total. The lowest BCUT2D eigenvalue weighted by Crippen LogP contribution is -2.47. The Morgan fingerprint density at radius 1 is 1.00 bits per heavy atom. The van der Waals surface area contributed by atoms with Gasteiger partial charge in [-0.2, -0.15) is 4.99 Å². The first-order chi connectivity index (χ1) is 15.0. The number of hydrogen-bond acceptors (Lipinski definition) is 6. The minimum Gasteiger partial charge on any atom is -0.493 e. The Labute approximate surface area is 191 Å². The molecule has 2 aromatic rings. The fourth-order valence-corrected chi connectivity index (χ4v) is 4.70. The van der Waals surface area contributed by atoms with Crippen LogP contribution in [0.25, 0.3) is 6.08 Å². The van der Waals surface area contributed by atoms with Crippen LogP contribution in [-0.4, -0.2) is 56.4 Å². The van der Waals surface area contributed by atoms with E-state index in [2.05, 4.69) is 20.9 Å². The largest absolute Gasteiger partial charge is 0.493 e. The van der Waals surface area contributed by atoms with Gasteiger partial charge in [0.1, 0.15) is 0 Å². The Hall–Kier alpha value is -2.64. The smallest absolute Gasteiger partial charge is 0.286 e. The van der Waals surface area contributed by atoms with Gasteiger partial charge in [0.25, 0.3) is 5.91 Å². The van der Waals surface area contributed by atoms with E-state index in [1.165, 1.54) is 11.8 Å². The van der Waals surface area contributed by atoms with Gasteiger partial charge in [-0.25, -0.2) is 0 Å². The zero-order chi connectivity index (χ0) is 22.0. The van der Waals surface area contributed by atoms with Gasteiger partial charge in [0, 0.05) is 36.9 Å². The topological polar surface area (TPSA) is 54.4 Å². The minimum absolute atomic E-state index is 0.206. The summed E-state index contributed by atoms with van der Waals surface area (Å²) in [4.78, 5) is 21.9. The van der Waals surface area contributed by atoms with Crippen LogP contribution in [0.15, 0.2) is 46.3 Å². The Morgan fingerprint density at radius 3 is 2.39 bits per heavy atom. The number of hydrogen-bond donors (Lipinski definition) is 0. The maximum absolute atomic E-state index is 12.5. The summed E-state index contributed by atoms with van der Waals surface area (Å²) in [6, 6.07) is 11.7. The van der Waals surface area contributed by atoms with Gasteiger partial charge in [0.15, 0.2) is 16.7 Å². The van der Waals surface area contributed by atoms with Crippen molar-refractivity contribution in [1.29, 1.82) is 0 Å². The Balaban J connectivity index is 1.41. The average Bonchev–Trinajstić information content (AvgIpc) is 3.15. The monoisotopic (exact) mass is 457 g/mol. The predicted octanol–water partition coefficient (Wildman–Crippen LogP) is 4.46. The van der Waals surface area contributed by atoms with Gasteiger partial charge in [-0.1, -0.05) is 23.7 Å². The summed E-state index contributed by atoms with van der Waals surface area (Å²) in [6.45, 7) is 5.30. The minimum atomic E-state index is -0.206. The highest BCUT2D eigenvalue weighted by atomic mass is 35.5. The van der Waals surface area contributed by atoms with Crippen molar-refractivity contribution in [3.05, 3.63) is 57.5 Å². The van der Waals surface area contributed by atoms with Gasteiger partial charge in [-0.05, 0) is 60.2 Å². The van der Waals surface area contributed by atoms with E-state index < -0.39 is 0 Å².